The summed E-state index contributed by atoms with van der Waals surface area (Å²) in [6, 6.07) is 3.73. The van der Waals surface area contributed by atoms with E-state index in [4.69, 9.17) is 9.68 Å². The Labute approximate surface area is 103 Å². The first-order valence-corrected chi connectivity index (χ1v) is 5.81. The molecule has 0 fully saturated rings. The molecule has 0 saturated carbocycles. The van der Waals surface area contributed by atoms with E-state index in [1.807, 2.05) is 6.92 Å². The van der Waals surface area contributed by atoms with E-state index >= 15 is 0 Å². The van der Waals surface area contributed by atoms with Crippen LogP contribution >= 0.6 is 15.9 Å². The second kappa shape index (κ2) is 5.71. The Kier molecular flexibility index (Phi) is 4.56. The predicted octanol–water partition coefficient (Wildman–Crippen LogP) is 2.66. The van der Waals surface area contributed by atoms with Crippen LogP contribution in [0, 0.1) is 17.2 Å². The van der Waals surface area contributed by atoms with Crippen LogP contribution in [-0.4, -0.2) is 23.9 Å². The fourth-order valence-electron chi connectivity index (χ4n) is 1.34. The maximum atomic E-state index is 12.0. The van der Waals surface area contributed by atoms with Crippen LogP contribution in [0.15, 0.2) is 21.4 Å². The van der Waals surface area contributed by atoms with Gasteiger partial charge < -0.3 is 9.32 Å². The first-order valence-electron chi connectivity index (χ1n) is 5.02. The van der Waals surface area contributed by atoms with Crippen molar-refractivity contribution in [3.05, 3.63) is 22.6 Å². The van der Waals surface area contributed by atoms with Crippen molar-refractivity contribution in [2.24, 2.45) is 5.92 Å². The number of hydrogen-bond acceptors (Lipinski definition) is 3. The van der Waals surface area contributed by atoms with Crippen molar-refractivity contribution in [3.63, 3.8) is 0 Å². The molecular formula is C11H13BrN2O2. The molecule has 1 amide bonds. The topological polar surface area (TPSA) is 57.2 Å². The number of amides is 1. The van der Waals surface area contributed by atoms with Crippen molar-refractivity contribution >= 4 is 21.8 Å². The van der Waals surface area contributed by atoms with Crippen molar-refractivity contribution < 1.29 is 9.21 Å². The third-order valence-corrected chi connectivity index (χ3v) is 2.85. The fourth-order valence-corrected chi connectivity index (χ4v) is 1.75. The molecule has 0 aliphatic carbocycles. The summed E-state index contributed by atoms with van der Waals surface area (Å²) in [5.41, 5.74) is 0.493. The SMILES string of the molecule is CCN(CC(C)C#N)C(=O)c1ccoc1Br. The molecule has 1 aromatic rings. The second-order valence-corrected chi connectivity index (χ2v) is 4.20. The van der Waals surface area contributed by atoms with Crippen molar-refractivity contribution in [1.29, 1.82) is 5.26 Å². The van der Waals surface area contributed by atoms with E-state index in [0.29, 0.717) is 23.3 Å². The molecule has 0 spiro atoms. The Morgan fingerprint density at radius 2 is 2.44 bits per heavy atom. The molecule has 4 nitrogen and oxygen atoms in total. The molecule has 0 N–H and O–H groups in total. The number of rotatable bonds is 4. The predicted molar refractivity (Wildman–Crippen MR) is 62.8 cm³/mol. The van der Waals surface area contributed by atoms with Gasteiger partial charge in [0.2, 0.25) is 0 Å². The normalized spacial score (nSPS) is 11.9. The molecular weight excluding hydrogens is 272 g/mol. The van der Waals surface area contributed by atoms with Crippen LogP contribution in [0.3, 0.4) is 0 Å². The maximum Gasteiger partial charge on any atom is 0.258 e. The van der Waals surface area contributed by atoms with E-state index in [0.717, 1.165) is 0 Å². The average Bonchev–Trinajstić information content (AvgIpc) is 2.71. The monoisotopic (exact) mass is 284 g/mol. The molecule has 0 saturated heterocycles. The highest BCUT2D eigenvalue weighted by Gasteiger charge is 2.20. The van der Waals surface area contributed by atoms with Crippen molar-refractivity contribution in [3.8, 4) is 6.07 Å². The molecule has 5 heteroatoms. The van der Waals surface area contributed by atoms with Gasteiger partial charge in [0, 0.05) is 13.1 Å². The maximum absolute atomic E-state index is 12.0. The summed E-state index contributed by atoms with van der Waals surface area (Å²) < 4.78 is 5.45. The Hall–Kier alpha value is -1.28. The van der Waals surface area contributed by atoms with E-state index in [9.17, 15) is 4.79 Å². The van der Waals surface area contributed by atoms with Gasteiger partial charge in [0.1, 0.15) is 0 Å². The quantitative estimate of drug-likeness (QED) is 0.854. The molecule has 0 radical (unpaired) electrons. The number of carbonyl (C=O) groups excluding carboxylic acids is 1. The summed E-state index contributed by atoms with van der Waals surface area (Å²) in [6.07, 6.45) is 1.46. The third kappa shape index (κ3) is 2.86. The number of carbonyl (C=O) groups is 1. The molecule has 0 bridgehead atoms. The Bertz CT molecular complexity index is 408. The Balaban J connectivity index is 2.79. The van der Waals surface area contributed by atoms with Gasteiger partial charge in [0.25, 0.3) is 5.91 Å². The van der Waals surface area contributed by atoms with Gasteiger partial charge in [-0.25, -0.2) is 0 Å². The molecule has 0 aliphatic heterocycles. The number of nitrogens with zero attached hydrogens (tertiary/aromatic N) is 2. The lowest BCUT2D eigenvalue weighted by atomic mass is 10.2. The summed E-state index contributed by atoms with van der Waals surface area (Å²) in [7, 11) is 0. The van der Waals surface area contributed by atoms with Gasteiger partial charge in [0.05, 0.1) is 23.8 Å². The van der Waals surface area contributed by atoms with Crippen LogP contribution < -0.4 is 0 Å². The van der Waals surface area contributed by atoms with E-state index < -0.39 is 0 Å². The Morgan fingerprint density at radius 3 is 2.88 bits per heavy atom. The highest BCUT2D eigenvalue weighted by Crippen LogP contribution is 2.19. The number of furan rings is 1. The van der Waals surface area contributed by atoms with Crippen LogP contribution in [0.4, 0.5) is 0 Å². The number of hydrogen-bond donors (Lipinski definition) is 0. The van der Waals surface area contributed by atoms with Crippen LogP contribution in [-0.2, 0) is 0 Å². The molecule has 1 heterocycles. The lowest BCUT2D eigenvalue weighted by Crippen LogP contribution is -2.34. The molecule has 1 rings (SSSR count). The van der Waals surface area contributed by atoms with E-state index in [1.165, 1.54) is 6.26 Å². The average molecular weight is 285 g/mol. The Morgan fingerprint density at radius 1 is 1.75 bits per heavy atom. The summed E-state index contributed by atoms with van der Waals surface area (Å²) in [5.74, 6) is -0.292. The molecule has 1 aromatic heterocycles. The first-order chi connectivity index (χ1) is 7.60. The van der Waals surface area contributed by atoms with Crippen LogP contribution in [0.2, 0.25) is 0 Å². The molecule has 0 aliphatic rings. The summed E-state index contributed by atoms with van der Waals surface area (Å²) in [4.78, 5) is 13.7. The first kappa shape index (κ1) is 12.8. The van der Waals surface area contributed by atoms with E-state index in [2.05, 4.69) is 22.0 Å². The zero-order valence-corrected chi connectivity index (χ0v) is 10.8. The van der Waals surface area contributed by atoms with E-state index in [-0.39, 0.29) is 11.8 Å². The zero-order valence-electron chi connectivity index (χ0n) is 9.24. The highest BCUT2D eigenvalue weighted by atomic mass is 79.9. The summed E-state index contributed by atoms with van der Waals surface area (Å²) >= 11 is 3.17. The molecule has 16 heavy (non-hydrogen) atoms. The van der Waals surface area contributed by atoms with Crippen LogP contribution in [0.1, 0.15) is 24.2 Å². The van der Waals surface area contributed by atoms with E-state index in [1.54, 1.807) is 17.9 Å². The number of nitriles is 1. The van der Waals surface area contributed by atoms with Crippen molar-refractivity contribution in [2.75, 3.05) is 13.1 Å². The minimum Gasteiger partial charge on any atom is -0.457 e. The van der Waals surface area contributed by atoms with Gasteiger partial charge in [-0.3, -0.25) is 4.79 Å². The fraction of sp³-hybridized carbons (Fsp3) is 0.455. The third-order valence-electron chi connectivity index (χ3n) is 2.23. The standard InChI is InChI=1S/C11H13BrN2O2/c1-3-14(7-8(2)6-13)11(15)9-4-5-16-10(9)12/h4-5,8H,3,7H2,1-2H3. The van der Waals surface area contributed by atoms with Gasteiger partial charge >= 0.3 is 0 Å². The van der Waals surface area contributed by atoms with Gasteiger partial charge in [-0.15, -0.1) is 0 Å². The highest BCUT2D eigenvalue weighted by molar-refractivity contribution is 9.10. The van der Waals surface area contributed by atoms with Crippen LogP contribution in [0.5, 0.6) is 0 Å². The molecule has 1 unspecified atom stereocenters. The lowest BCUT2D eigenvalue weighted by Gasteiger charge is -2.21. The van der Waals surface area contributed by atoms with Gasteiger partial charge in [0.15, 0.2) is 4.67 Å². The molecule has 1 atom stereocenters. The minimum absolute atomic E-state index is 0.120. The summed E-state index contributed by atoms with van der Waals surface area (Å²) in [5, 5.41) is 8.73. The van der Waals surface area contributed by atoms with Gasteiger partial charge in [-0.2, -0.15) is 5.26 Å². The largest absolute Gasteiger partial charge is 0.457 e. The molecule has 0 aromatic carbocycles. The van der Waals surface area contributed by atoms with Gasteiger partial charge in [-0.05, 0) is 35.8 Å². The number of halogens is 1. The lowest BCUT2D eigenvalue weighted by molar-refractivity contribution is 0.0750. The summed E-state index contributed by atoms with van der Waals surface area (Å²) in [6.45, 7) is 4.68. The second-order valence-electron chi connectivity index (χ2n) is 3.48. The molecule has 86 valence electrons. The van der Waals surface area contributed by atoms with Gasteiger partial charge in [-0.1, -0.05) is 0 Å². The van der Waals surface area contributed by atoms with Crippen molar-refractivity contribution in [1.82, 2.24) is 4.90 Å². The van der Waals surface area contributed by atoms with Crippen molar-refractivity contribution in [2.45, 2.75) is 13.8 Å². The minimum atomic E-state index is -0.172. The zero-order chi connectivity index (χ0) is 12.1. The van der Waals surface area contributed by atoms with Crippen LogP contribution in [0.25, 0.3) is 0 Å². The smallest absolute Gasteiger partial charge is 0.258 e.